The van der Waals surface area contributed by atoms with Crippen LogP contribution in [-0.2, 0) is 11.2 Å². The summed E-state index contributed by atoms with van der Waals surface area (Å²) in [7, 11) is 3.19. The Morgan fingerprint density at radius 1 is 1.17 bits per heavy atom. The zero-order valence-corrected chi connectivity index (χ0v) is 14.4. The summed E-state index contributed by atoms with van der Waals surface area (Å²) in [6, 6.07) is 5.49. The smallest absolute Gasteiger partial charge is 0.314 e. The number of rotatable bonds is 10. The lowest BCUT2D eigenvalue weighted by atomic mass is 10.0. The molecule has 0 aromatic heterocycles. The number of methoxy groups -OCH3 is 2. The van der Waals surface area contributed by atoms with Crippen molar-refractivity contribution in [2.24, 2.45) is 5.92 Å². The average Bonchev–Trinajstić information content (AvgIpc) is 2.56. The third-order valence-corrected chi connectivity index (χ3v) is 3.50. The normalized spacial score (nSPS) is 11.5. The summed E-state index contributed by atoms with van der Waals surface area (Å²) in [5.74, 6) is 0.757. The van der Waals surface area contributed by atoms with Crippen molar-refractivity contribution in [1.82, 2.24) is 10.6 Å². The number of hydrogen-bond acceptors (Lipinski definition) is 4. The van der Waals surface area contributed by atoms with E-state index in [1.807, 2.05) is 25.1 Å². The summed E-state index contributed by atoms with van der Waals surface area (Å²) >= 11 is 0. The highest BCUT2D eigenvalue weighted by molar-refractivity contribution is 5.73. The van der Waals surface area contributed by atoms with Crippen LogP contribution in [0.25, 0.3) is 0 Å². The molecule has 1 aromatic carbocycles. The van der Waals surface area contributed by atoms with Gasteiger partial charge in [-0.3, -0.25) is 4.79 Å². The van der Waals surface area contributed by atoms with E-state index in [1.54, 1.807) is 14.2 Å². The van der Waals surface area contributed by atoms with Crippen LogP contribution in [0.5, 0.6) is 11.5 Å². The summed E-state index contributed by atoms with van der Waals surface area (Å²) in [5.41, 5.74) is 1.10. The quantitative estimate of drug-likeness (QED) is 0.567. The Kier molecular flexibility index (Phi) is 8.46. The zero-order chi connectivity index (χ0) is 17.9. The molecule has 0 fully saturated rings. The summed E-state index contributed by atoms with van der Waals surface area (Å²) < 4.78 is 10.5. The molecule has 0 aliphatic carbocycles. The number of hydrogen-bond donors (Lipinski definition) is 3. The topological polar surface area (TPSA) is 96.9 Å². The van der Waals surface area contributed by atoms with Gasteiger partial charge in [-0.1, -0.05) is 13.0 Å². The van der Waals surface area contributed by atoms with E-state index in [0.29, 0.717) is 31.0 Å². The van der Waals surface area contributed by atoms with E-state index in [0.717, 1.165) is 12.0 Å². The molecule has 0 aliphatic rings. The maximum atomic E-state index is 11.6. The van der Waals surface area contributed by atoms with Gasteiger partial charge in [-0.25, -0.2) is 4.79 Å². The third-order valence-electron chi connectivity index (χ3n) is 3.50. The van der Waals surface area contributed by atoms with Crippen molar-refractivity contribution >= 4 is 12.0 Å². The van der Waals surface area contributed by atoms with E-state index in [2.05, 4.69) is 10.6 Å². The number of urea groups is 1. The van der Waals surface area contributed by atoms with Gasteiger partial charge >= 0.3 is 12.0 Å². The van der Waals surface area contributed by atoms with Crippen LogP contribution in [0.3, 0.4) is 0 Å². The maximum Gasteiger partial charge on any atom is 0.314 e. The predicted molar refractivity (Wildman–Crippen MR) is 90.7 cm³/mol. The lowest BCUT2D eigenvalue weighted by Gasteiger charge is -2.15. The monoisotopic (exact) mass is 338 g/mol. The highest BCUT2D eigenvalue weighted by atomic mass is 16.5. The van der Waals surface area contributed by atoms with Crippen LogP contribution in [0.2, 0.25) is 0 Å². The van der Waals surface area contributed by atoms with Gasteiger partial charge in [0.15, 0.2) is 11.5 Å². The van der Waals surface area contributed by atoms with Crippen LogP contribution in [0.15, 0.2) is 18.2 Å². The van der Waals surface area contributed by atoms with Crippen molar-refractivity contribution < 1.29 is 24.2 Å². The number of aliphatic carboxylic acids is 1. The number of carbonyl (C=O) groups is 2. The van der Waals surface area contributed by atoms with Gasteiger partial charge in [-0.2, -0.15) is 0 Å². The van der Waals surface area contributed by atoms with Crippen molar-refractivity contribution in [2.45, 2.75) is 26.2 Å². The summed E-state index contributed by atoms with van der Waals surface area (Å²) in [6.45, 7) is 2.92. The fourth-order valence-electron chi connectivity index (χ4n) is 2.25. The van der Waals surface area contributed by atoms with Crippen LogP contribution in [0.4, 0.5) is 4.79 Å². The lowest BCUT2D eigenvalue weighted by molar-refractivity contribution is -0.137. The molecule has 3 N–H and O–H groups in total. The molecule has 1 atom stereocenters. The van der Waals surface area contributed by atoms with Crippen LogP contribution < -0.4 is 20.1 Å². The second-order valence-electron chi connectivity index (χ2n) is 5.63. The molecular weight excluding hydrogens is 312 g/mol. The number of carboxylic acids is 1. The Labute approximate surface area is 142 Å². The van der Waals surface area contributed by atoms with Crippen LogP contribution in [0.1, 0.15) is 25.3 Å². The molecule has 1 aromatic rings. The molecule has 7 heteroatoms. The fraction of sp³-hybridized carbons (Fsp3) is 0.529. The molecule has 0 spiro atoms. The van der Waals surface area contributed by atoms with E-state index in [4.69, 9.17) is 14.6 Å². The fourth-order valence-corrected chi connectivity index (χ4v) is 2.25. The molecule has 0 radical (unpaired) electrons. The zero-order valence-electron chi connectivity index (χ0n) is 14.4. The van der Waals surface area contributed by atoms with Gasteiger partial charge in [0.25, 0.3) is 0 Å². The summed E-state index contributed by atoms with van der Waals surface area (Å²) in [6.07, 6.45) is 1.26. The Morgan fingerprint density at radius 2 is 1.88 bits per heavy atom. The van der Waals surface area contributed by atoms with E-state index < -0.39 is 5.97 Å². The molecule has 0 heterocycles. The minimum Gasteiger partial charge on any atom is -0.493 e. The molecule has 1 rings (SSSR count). The Morgan fingerprint density at radius 3 is 2.50 bits per heavy atom. The Hall–Kier alpha value is -2.44. The number of nitrogens with one attached hydrogen (secondary N) is 2. The first-order valence-corrected chi connectivity index (χ1v) is 7.90. The van der Waals surface area contributed by atoms with Crippen LogP contribution >= 0.6 is 0 Å². The van der Waals surface area contributed by atoms with Crippen LogP contribution in [0, 0.1) is 5.92 Å². The number of ether oxygens (including phenoxy) is 2. The first-order valence-electron chi connectivity index (χ1n) is 7.90. The van der Waals surface area contributed by atoms with Gasteiger partial charge in [0.05, 0.1) is 14.2 Å². The Bertz CT molecular complexity index is 548. The second kappa shape index (κ2) is 10.4. The molecule has 0 saturated carbocycles. The minimum atomic E-state index is -0.860. The molecule has 0 saturated heterocycles. The summed E-state index contributed by atoms with van der Waals surface area (Å²) in [4.78, 5) is 22.0. The van der Waals surface area contributed by atoms with Crippen molar-refractivity contribution in [3.63, 3.8) is 0 Å². The predicted octanol–water partition coefficient (Wildman–Crippen LogP) is 2.05. The second-order valence-corrected chi connectivity index (χ2v) is 5.63. The average molecular weight is 338 g/mol. The van der Waals surface area contributed by atoms with Gasteiger partial charge in [-0.15, -0.1) is 0 Å². The van der Waals surface area contributed by atoms with Gasteiger partial charge in [0.1, 0.15) is 0 Å². The van der Waals surface area contributed by atoms with Gasteiger partial charge in [0.2, 0.25) is 0 Å². The van der Waals surface area contributed by atoms with Crippen molar-refractivity contribution in [2.75, 3.05) is 27.3 Å². The van der Waals surface area contributed by atoms with E-state index in [-0.39, 0.29) is 18.4 Å². The first-order chi connectivity index (χ1) is 11.5. The largest absolute Gasteiger partial charge is 0.493 e. The number of carbonyl (C=O) groups excluding carboxylic acids is 1. The minimum absolute atomic E-state index is 0.0516. The first kappa shape index (κ1) is 19.6. The van der Waals surface area contributed by atoms with Crippen molar-refractivity contribution in [1.29, 1.82) is 0 Å². The molecule has 134 valence electrons. The van der Waals surface area contributed by atoms with E-state index in [9.17, 15) is 9.59 Å². The van der Waals surface area contributed by atoms with Crippen molar-refractivity contribution in [3.05, 3.63) is 23.8 Å². The Balaban J connectivity index is 2.34. The highest BCUT2D eigenvalue weighted by Crippen LogP contribution is 2.28. The standard InChI is InChI=1S/C17H26N2O5/c1-12(11-19-17(22)18-8-4-5-16(20)21)9-13-6-7-14(23-2)15(10-13)24-3/h6-7,10,12H,4-5,8-9,11H2,1-3H3,(H,20,21)(H2,18,19,22). The molecule has 1 unspecified atom stereocenters. The van der Waals surface area contributed by atoms with Gasteiger partial charge < -0.3 is 25.2 Å². The van der Waals surface area contributed by atoms with Gasteiger partial charge in [-0.05, 0) is 36.5 Å². The van der Waals surface area contributed by atoms with E-state index in [1.165, 1.54) is 0 Å². The third kappa shape index (κ3) is 7.21. The lowest BCUT2D eigenvalue weighted by Crippen LogP contribution is -2.38. The van der Waals surface area contributed by atoms with E-state index >= 15 is 0 Å². The van der Waals surface area contributed by atoms with Crippen LogP contribution in [-0.4, -0.2) is 44.4 Å². The van der Waals surface area contributed by atoms with Gasteiger partial charge in [0, 0.05) is 19.5 Å². The molecule has 7 nitrogen and oxygen atoms in total. The molecular formula is C17H26N2O5. The molecule has 0 bridgehead atoms. The number of amides is 2. The number of benzene rings is 1. The SMILES string of the molecule is COc1ccc(CC(C)CNC(=O)NCCCC(=O)O)cc1OC. The highest BCUT2D eigenvalue weighted by Gasteiger charge is 2.09. The summed E-state index contributed by atoms with van der Waals surface area (Å²) in [5, 5.41) is 13.9. The maximum absolute atomic E-state index is 11.6. The molecule has 2 amide bonds. The van der Waals surface area contributed by atoms with Crippen molar-refractivity contribution in [3.8, 4) is 11.5 Å². The molecule has 24 heavy (non-hydrogen) atoms. The number of carboxylic acid groups (broad SMARTS) is 1. The molecule has 0 aliphatic heterocycles.